The molecule has 3 aromatic rings. The summed E-state index contributed by atoms with van der Waals surface area (Å²) in [6.45, 7) is 3.66. The number of hydrogen-bond acceptors (Lipinski definition) is 6. The monoisotopic (exact) mass is 468 g/mol. The van der Waals surface area contributed by atoms with Gasteiger partial charge in [-0.05, 0) is 54.7 Å². The first-order valence-corrected chi connectivity index (χ1v) is 11.9. The first-order valence-electron chi connectivity index (χ1n) is 11.9. The quantitative estimate of drug-likeness (QED) is 0.354. The summed E-state index contributed by atoms with van der Waals surface area (Å²) < 4.78 is 11.1. The van der Waals surface area contributed by atoms with E-state index in [4.69, 9.17) is 9.47 Å². The number of carbonyl (C=O) groups is 2. The Bertz CT molecular complexity index is 1300. The zero-order valence-electron chi connectivity index (χ0n) is 19.8. The molecule has 2 N–H and O–H groups in total. The second-order valence-electron chi connectivity index (χ2n) is 8.81. The van der Waals surface area contributed by atoms with E-state index in [0.29, 0.717) is 24.5 Å². The molecule has 1 heterocycles. The maximum atomic E-state index is 13.7. The molecule has 0 radical (unpaired) electrons. The highest BCUT2D eigenvalue weighted by molar-refractivity contribution is 6.01. The Labute approximate surface area is 205 Å². The van der Waals surface area contributed by atoms with Crippen LogP contribution in [-0.4, -0.2) is 18.4 Å². The summed E-state index contributed by atoms with van der Waals surface area (Å²) in [5.41, 5.74) is 5.54. The van der Waals surface area contributed by atoms with Crippen LogP contribution in [0.5, 0.6) is 11.5 Å². The summed E-state index contributed by atoms with van der Waals surface area (Å²) in [7, 11) is 0. The van der Waals surface area contributed by atoms with Crippen molar-refractivity contribution < 1.29 is 19.1 Å². The molecule has 2 aliphatic rings. The number of ether oxygens (including phenoxy) is 2. The molecule has 0 saturated carbocycles. The van der Waals surface area contributed by atoms with Crippen LogP contribution in [0.15, 0.2) is 84.1 Å². The minimum absolute atomic E-state index is 0.111. The fourth-order valence-electron chi connectivity index (χ4n) is 4.91. The molecule has 178 valence electrons. The lowest BCUT2D eigenvalue weighted by Gasteiger charge is -2.30. The van der Waals surface area contributed by atoms with Crippen molar-refractivity contribution in [1.82, 2.24) is 0 Å². The van der Waals surface area contributed by atoms with Crippen LogP contribution in [0.25, 0.3) is 0 Å². The lowest BCUT2D eigenvalue weighted by Crippen LogP contribution is -2.27. The Morgan fingerprint density at radius 1 is 0.914 bits per heavy atom. The van der Waals surface area contributed by atoms with Gasteiger partial charge in [0.2, 0.25) is 0 Å². The predicted octanol–water partition coefficient (Wildman–Crippen LogP) is 5.99. The van der Waals surface area contributed by atoms with Crippen molar-refractivity contribution in [3.05, 3.63) is 95.2 Å². The maximum Gasteiger partial charge on any atom is 0.308 e. The molecule has 0 saturated heterocycles. The fourth-order valence-corrected chi connectivity index (χ4v) is 4.91. The number of Topliss-reactive ketones (excluding diaryl/α,β-unsaturated/α-hetero) is 1. The molecule has 1 aliphatic heterocycles. The normalized spacial score (nSPS) is 19.0. The van der Waals surface area contributed by atoms with Crippen molar-refractivity contribution >= 4 is 23.1 Å². The van der Waals surface area contributed by atoms with E-state index in [1.54, 1.807) is 6.07 Å². The lowest BCUT2D eigenvalue weighted by molar-refractivity contribution is -0.132. The molecule has 1 aliphatic carbocycles. The summed E-state index contributed by atoms with van der Waals surface area (Å²) in [5.74, 6) is 0.651. The molecule has 0 bridgehead atoms. The minimum Gasteiger partial charge on any atom is -0.490 e. The second-order valence-corrected chi connectivity index (χ2v) is 8.81. The van der Waals surface area contributed by atoms with Crippen LogP contribution in [0.2, 0.25) is 0 Å². The van der Waals surface area contributed by atoms with Crippen molar-refractivity contribution in [1.29, 1.82) is 0 Å². The van der Waals surface area contributed by atoms with Crippen LogP contribution < -0.4 is 20.1 Å². The second kappa shape index (κ2) is 9.66. The summed E-state index contributed by atoms with van der Waals surface area (Å²) in [4.78, 5) is 25.3. The molecule has 5 rings (SSSR count). The van der Waals surface area contributed by atoms with Crippen LogP contribution in [-0.2, 0) is 9.59 Å². The smallest absolute Gasteiger partial charge is 0.308 e. The van der Waals surface area contributed by atoms with Crippen LogP contribution in [0.4, 0.5) is 11.4 Å². The number of anilines is 2. The number of rotatable bonds is 5. The van der Waals surface area contributed by atoms with Gasteiger partial charge in [-0.3, -0.25) is 9.59 Å². The highest BCUT2D eigenvalue weighted by Crippen LogP contribution is 2.45. The number of fused-ring (bicyclic) bond motifs is 1. The van der Waals surface area contributed by atoms with Crippen molar-refractivity contribution in [2.75, 3.05) is 17.2 Å². The van der Waals surface area contributed by atoms with E-state index < -0.39 is 5.97 Å². The van der Waals surface area contributed by atoms with Crippen molar-refractivity contribution in [3.8, 4) is 11.5 Å². The summed E-state index contributed by atoms with van der Waals surface area (Å²) in [6, 6.07) is 23.3. The van der Waals surface area contributed by atoms with Crippen molar-refractivity contribution in [2.24, 2.45) is 0 Å². The van der Waals surface area contributed by atoms with Gasteiger partial charge in [-0.1, -0.05) is 48.5 Å². The Hall–Kier alpha value is -4.06. The fraction of sp³-hybridized carbons (Fsp3) is 0.241. The molecule has 0 fully saturated rings. The number of allylic oxidation sites excluding steroid dienone is 1. The molecule has 6 heteroatoms. The molecule has 0 aromatic heterocycles. The molecule has 0 spiro atoms. The molecule has 0 amide bonds. The molecule has 2 atom stereocenters. The SMILES string of the molecule is CCOc1cc(C2Nc3ccccc3NC3=C2C(=O)CC(c2ccccc2)C3)ccc1OC(C)=O. The largest absolute Gasteiger partial charge is 0.490 e. The molecular formula is C29H28N2O4. The molecule has 2 unspecified atom stereocenters. The van der Waals surface area contributed by atoms with E-state index in [-0.39, 0.29) is 17.7 Å². The molecule has 35 heavy (non-hydrogen) atoms. The van der Waals surface area contributed by atoms with Gasteiger partial charge in [-0.25, -0.2) is 0 Å². The van der Waals surface area contributed by atoms with Crippen molar-refractivity contribution in [3.63, 3.8) is 0 Å². The van der Waals surface area contributed by atoms with Gasteiger partial charge in [0.05, 0.1) is 24.0 Å². The average molecular weight is 469 g/mol. The van der Waals surface area contributed by atoms with E-state index in [1.165, 1.54) is 12.5 Å². The summed E-state index contributed by atoms with van der Waals surface area (Å²) >= 11 is 0. The van der Waals surface area contributed by atoms with Crippen LogP contribution in [0.1, 0.15) is 49.8 Å². The zero-order chi connectivity index (χ0) is 24.4. The lowest BCUT2D eigenvalue weighted by atomic mass is 9.78. The van der Waals surface area contributed by atoms with Crippen LogP contribution in [0, 0.1) is 0 Å². The standard InChI is InChI=1S/C29H28N2O4/c1-3-34-27-17-20(13-14-26(27)35-18(2)32)29-28-24(30-22-11-7-8-12-23(22)31-29)15-21(16-25(28)33)19-9-5-4-6-10-19/h4-14,17,21,29-31H,3,15-16H2,1-2H3. The highest BCUT2D eigenvalue weighted by Gasteiger charge is 2.36. The number of para-hydroxylation sites is 2. The number of nitrogens with one attached hydrogen (secondary N) is 2. The third-order valence-electron chi connectivity index (χ3n) is 6.43. The van der Waals surface area contributed by atoms with Gasteiger partial charge in [-0.2, -0.15) is 0 Å². The first-order chi connectivity index (χ1) is 17.0. The average Bonchev–Trinajstić information content (AvgIpc) is 3.02. The number of esters is 1. The number of benzene rings is 3. The predicted molar refractivity (Wildman–Crippen MR) is 136 cm³/mol. The highest BCUT2D eigenvalue weighted by atomic mass is 16.6. The van der Waals surface area contributed by atoms with Gasteiger partial charge >= 0.3 is 5.97 Å². The maximum absolute atomic E-state index is 13.7. The Morgan fingerprint density at radius 2 is 1.66 bits per heavy atom. The Morgan fingerprint density at radius 3 is 2.40 bits per heavy atom. The number of ketones is 1. The Kier molecular flexibility index (Phi) is 6.27. The zero-order valence-corrected chi connectivity index (χ0v) is 19.8. The van der Waals surface area contributed by atoms with Gasteiger partial charge in [-0.15, -0.1) is 0 Å². The van der Waals surface area contributed by atoms with Crippen LogP contribution in [0.3, 0.4) is 0 Å². The van der Waals surface area contributed by atoms with E-state index in [2.05, 4.69) is 22.8 Å². The van der Waals surface area contributed by atoms with Crippen LogP contribution >= 0.6 is 0 Å². The summed E-state index contributed by atoms with van der Waals surface area (Å²) in [5, 5.41) is 7.15. The third kappa shape index (κ3) is 4.64. The first kappa shape index (κ1) is 22.7. The summed E-state index contributed by atoms with van der Waals surface area (Å²) in [6.07, 6.45) is 1.18. The third-order valence-corrected chi connectivity index (χ3v) is 6.43. The minimum atomic E-state index is -0.413. The topological polar surface area (TPSA) is 76.7 Å². The molecule has 6 nitrogen and oxygen atoms in total. The van der Waals surface area contributed by atoms with E-state index >= 15 is 0 Å². The van der Waals surface area contributed by atoms with E-state index in [9.17, 15) is 9.59 Å². The number of hydrogen-bond donors (Lipinski definition) is 2. The Balaban J connectivity index is 1.60. The van der Waals surface area contributed by atoms with E-state index in [1.807, 2.05) is 61.5 Å². The van der Waals surface area contributed by atoms with Gasteiger partial charge in [0.15, 0.2) is 17.3 Å². The van der Waals surface area contributed by atoms with Gasteiger partial charge in [0.1, 0.15) is 0 Å². The number of carbonyl (C=O) groups excluding carboxylic acids is 2. The van der Waals surface area contributed by atoms with Crippen molar-refractivity contribution in [2.45, 2.75) is 38.6 Å². The van der Waals surface area contributed by atoms with E-state index in [0.717, 1.165) is 34.6 Å². The molecular weight excluding hydrogens is 440 g/mol. The van der Waals surface area contributed by atoms with Gasteiger partial charge in [0, 0.05) is 24.6 Å². The molecule has 3 aromatic carbocycles. The van der Waals surface area contributed by atoms with Gasteiger partial charge < -0.3 is 20.1 Å². The van der Waals surface area contributed by atoms with Gasteiger partial charge in [0.25, 0.3) is 0 Å².